The van der Waals surface area contributed by atoms with Gasteiger partial charge in [-0.25, -0.2) is 4.39 Å². The number of carboxylic acid groups (broad SMARTS) is 1. The summed E-state index contributed by atoms with van der Waals surface area (Å²) in [4.78, 5) is 11.4. The van der Waals surface area contributed by atoms with E-state index in [2.05, 4.69) is 15.9 Å². The summed E-state index contributed by atoms with van der Waals surface area (Å²) in [7, 11) is 0. The largest absolute Gasteiger partial charge is 0.481 e. The first-order valence-electron chi connectivity index (χ1n) is 5.62. The fourth-order valence-corrected chi connectivity index (χ4v) is 2.34. The van der Waals surface area contributed by atoms with E-state index in [1.807, 2.05) is 13.8 Å². The topological polar surface area (TPSA) is 37.3 Å². The lowest BCUT2D eigenvalue weighted by Crippen LogP contribution is -2.32. The quantitative estimate of drug-likeness (QED) is 0.892. The molecule has 0 unspecified atom stereocenters. The standard InChI is InChI=1S/C13H16BrFO2/c1-3-13(4-2,12(16)17)8-9-5-6-11(15)10(14)7-9/h5-7H,3-4,8H2,1-2H3,(H,16,17). The average Bonchev–Trinajstić information content (AvgIpc) is 2.30. The summed E-state index contributed by atoms with van der Waals surface area (Å²) >= 11 is 3.11. The lowest BCUT2D eigenvalue weighted by atomic mass is 9.77. The number of hydrogen-bond donors (Lipinski definition) is 1. The van der Waals surface area contributed by atoms with Gasteiger partial charge in [-0.3, -0.25) is 4.79 Å². The van der Waals surface area contributed by atoms with E-state index < -0.39 is 11.4 Å². The zero-order valence-corrected chi connectivity index (χ0v) is 11.6. The van der Waals surface area contributed by atoms with Gasteiger partial charge in [0.25, 0.3) is 0 Å². The second kappa shape index (κ2) is 5.63. The Balaban J connectivity index is 3.01. The van der Waals surface area contributed by atoms with Crippen molar-refractivity contribution in [3.63, 3.8) is 0 Å². The molecule has 1 aromatic rings. The van der Waals surface area contributed by atoms with Gasteiger partial charge in [-0.15, -0.1) is 0 Å². The summed E-state index contributed by atoms with van der Waals surface area (Å²) in [6.07, 6.45) is 1.55. The molecule has 17 heavy (non-hydrogen) atoms. The van der Waals surface area contributed by atoms with E-state index in [4.69, 9.17) is 0 Å². The molecule has 1 aromatic carbocycles. The maximum Gasteiger partial charge on any atom is 0.309 e. The number of aliphatic carboxylic acids is 1. The van der Waals surface area contributed by atoms with E-state index in [1.54, 1.807) is 12.1 Å². The third kappa shape index (κ3) is 3.06. The molecule has 1 rings (SSSR count). The molecule has 0 fully saturated rings. The third-order valence-electron chi connectivity index (χ3n) is 3.33. The molecule has 0 bridgehead atoms. The first-order valence-corrected chi connectivity index (χ1v) is 6.42. The van der Waals surface area contributed by atoms with Crippen LogP contribution in [-0.2, 0) is 11.2 Å². The molecule has 0 saturated carbocycles. The SMILES string of the molecule is CCC(CC)(Cc1ccc(F)c(Br)c1)C(=O)O. The van der Waals surface area contributed by atoms with Crippen molar-refractivity contribution >= 4 is 21.9 Å². The third-order valence-corrected chi connectivity index (χ3v) is 3.94. The summed E-state index contributed by atoms with van der Waals surface area (Å²) in [5.74, 6) is -1.12. The molecular formula is C13H16BrFO2. The predicted octanol–water partition coefficient (Wildman–Crippen LogP) is 4.02. The van der Waals surface area contributed by atoms with Crippen molar-refractivity contribution in [2.24, 2.45) is 5.41 Å². The van der Waals surface area contributed by atoms with Gasteiger partial charge in [-0.1, -0.05) is 19.9 Å². The Bertz CT molecular complexity index is 414. The van der Waals surface area contributed by atoms with Crippen molar-refractivity contribution in [1.29, 1.82) is 0 Å². The van der Waals surface area contributed by atoms with E-state index >= 15 is 0 Å². The highest BCUT2D eigenvalue weighted by Crippen LogP contribution is 2.32. The van der Waals surface area contributed by atoms with Gasteiger partial charge in [0.05, 0.1) is 9.89 Å². The summed E-state index contributed by atoms with van der Waals surface area (Å²) in [5, 5.41) is 9.32. The number of carboxylic acids is 1. The minimum atomic E-state index is -0.789. The maximum absolute atomic E-state index is 13.1. The fraction of sp³-hybridized carbons (Fsp3) is 0.462. The summed E-state index contributed by atoms with van der Waals surface area (Å²) in [5.41, 5.74) is 0.0847. The molecule has 0 aromatic heterocycles. The molecule has 0 atom stereocenters. The van der Waals surface area contributed by atoms with Crippen molar-refractivity contribution in [3.8, 4) is 0 Å². The monoisotopic (exact) mass is 302 g/mol. The number of rotatable bonds is 5. The van der Waals surface area contributed by atoms with Crippen LogP contribution in [0.15, 0.2) is 22.7 Å². The highest BCUT2D eigenvalue weighted by molar-refractivity contribution is 9.10. The summed E-state index contributed by atoms with van der Waals surface area (Å²) in [6, 6.07) is 4.65. The number of benzene rings is 1. The average molecular weight is 303 g/mol. The first-order chi connectivity index (χ1) is 7.95. The molecule has 0 amide bonds. The lowest BCUT2D eigenvalue weighted by molar-refractivity contribution is -0.149. The number of hydrogen-bond acceptors (Lipinski definition) is 1. The molecule has 94 valence electrons. The van der Waals surface area contributed by atoms with Gasteiger partial charge < -0.3 is 5.11 Å². The van der Waals surface area contributed by atoms with Crippen molar-refractivity contribution in [3.05, 3.63) is 34.1 Å². The Hall–Kier alpha value is -0.900. The summed E-state index contributed by atoms with van der Waals surface area (Å²) < 4.78 is 13.5. The van der Waals surface area contributed by atoms with Crippen LogP contribution in [0, 0.1) is 11.2 Å². The van der Waals surface area contributed by atoms with E-state index in [1.165, 1.54) is 6.07 Å². The Morgan fingerprint density at radius 2 is 2.00 bits per heavy atom. The van der Waals surface area contributed by atoms with Crippen LogP contribution >= 0.6 is 15.9 Å². The Morgan fingerprint density at radius 1 is 1.41 bits per heavy atom. The van der Waals surface area contributed by atoms with Crippen LogP contribution in [0.1, 0.15) is 32.3 Å². The van der Waals surface area contributed by atoms with Gasteiger partial charge in [0.15, 0.2) is 0 Å². The molecule has 0 spiro atoms. The van der Waals surface area contributed by atoms with Crippen molar-refractivity contribution in [1.82, 2.24) is 0 Å². The van der Waals surface area contributed by atoms with Gasteiger partial charge in [0, 0.05) is 0 Å². The minimum absolute atomic E-state index is 0.331. The van der Waals surface area contributed by atoms with Crippen LogP contribution < -0.4 is 0 Å². The Morgan fingerprint density at radius 3 is 2.41 bits per heavy atom. The Kier molecular flexibility index (Phi) is 4.69. The molecule has 2 nitrogen and oxygen atoms in total. The zero-order chi connectivity index (χ0) is 13.1. The lowest BCUT2D eigenvalue weighted by Gasteiger charge is -2.26. The van der Waals surface area contributed by atoms with Crippen molar-refractivity contribution in [2.75, 3.05) is 0 Å². The van der Waals surface area contributed by atoms with E-state index in [0.717, 1.165) is 5.56 Å². The van der Waals surface area contributed by atoms with Gasteiger partial charge in [-0.2, -0.15) is 0 Å². The predicted molar refractivity (Wildman–Crippen MR) is 68.5 cm³/mol. The molecule has 0 heterocycles. The van der Waals surface area contributed by atoms with Crippen molar-refractivity contribution in [2.45, 2.75) is 33.1 Å². The first kappa shape index (κ1) is 14.2. The van der Waals surface area contributed by atoms with Crippen LogP contribution in [0.25, 0.3) is 0 Å². The van der Waals surface area contributed by atoms with Gasteiger partial charge >= 0.3 is 5.97 Å². The number of halogens is 2. The van der Waals surface area contributed by atoms with Gasteiger partial charge in [-0.05, 0) is 52.9 Å². The molecule has 0 aliphatic carbocycles. The molecule has 1 N–H and O–H groups in total. The molecule has 0 saturated heterocycles. The minimum Gasteiger partial charge on any atom is -0.481 e. The fourth-order valence-electron chi connectivity index (χ4n) is 1.92. The van der Waals surface area contributed by atoms with Gasteiger partial charge in [0.2, 0.25) is 0 Å². The van der Waals surface area contributed by atoms with E-state index in [9.17, 15) is 14.3 Å². The number of carbonyl (C=O) groups is 1. The highest BCUT2D eigenvalue weighted by Gasteiger charge is 2.34. The second-order valence-electron chi connectivity index (χ2n) is 4.22. The normalized spacial score (nSPS) is 11.5. The van der Waals surface area contributed by atoms with Crippen LogP contribution in [0.5, 0.6) is 0 Å². The molecular weight excluding hydrogens is 287 g/mol. The molecule has 0 aliphatic rings. The maximum atomic E-state index is 13.1. The van der Waals surface area contributed by atoms with Gasteiger partial charge in [0.1, 0.15) is 5.82 Å². The zero-order valence-electron chi connectivity index (χ0n) is 9.96. The van der Waals surface area contributed by atoms with Crippen molar-refractivity contribution < 1.29 is 14.3 Å². The second-order valence-corrected chi connectivity index (χ2v) is 5.07. The molecule has 0 aliphatic heterocycles. The highest BCUT2D eigenvalue weighted by atomic mass is 79.9. The molecule has 4 heteroatoms. The van der Waals surface area contributed by atoms with Crippen LogP contribution in [0.4, 0.5) is 4.39 Å². The van der Waals surface area contributed by atoms with E-state index in [0.29, 0.717) is 23.7 Å². The van der Waals surface area contributed by atoms with E-state index in [-0.39, 0.29) is 5.82 Å². The molecule has 0 radical (unpaired) electrons. The Labute approximate surface area is 109 Å². The summed E-state index contributed by atoms with van der Waals surface area (Å²) in [6.45, 7) is 3.74. The smallest absolute Gasteiger partial charge is 0.309 e. The van der Waals surface area contributed by atoms with Crippen LogP contribution in [-0.4, -0.2) is 11.1 Å². The van der Waals surface area contributed by atoms with Crippen LogP contribution in [0.3, 0.4) is 0 Å². The van der Waals surface area contributed by atoms with Crippen LogP contribution in [0.2, 0.25) is 0 Å².